The average Bonchev–Trinajstić information content (AvgIpc) is 2.72. The van der Waals surface area contributed by atoms with Crippen molar-refractivity contribution >= 4 is 15.7 Å². The fraction of sp³-hybridized carbons (Fsp3) is 0.667. The number of aromatic amines is 1. The van der Waals surface area contributed by atoms with Crippen LogP contribution in [-0.2, 0) is 27.5 Å². The summed E-state index contributed by atoms with van der Waals surface area (Å²) in [6.07, 6.45) is 4.10. The molecule has 2 N–H and O–H groups in total. The molecule has 1 atom stereocenters. The Morgan fingerprint density at radius 3 is 2.95 bits per heavy atom. The Morgan fingerprint density at radius 2 is 2.26 bits per heavy atom. The number of nitrogens with one attached hydrogen (secondary N) is 2. The van der Waals surface area contributed by atoms with Gasteiger partial charge in [-0.2, -0.15) is 5.10 Å². The molecule has 0 saturated carbocycles. The molecule has 0 aromatic carbocycles. The summed E-state index contributed by atoms with van der Waals surface area (Å²) in [5.41, 5.74) is 1.63. The average molecular weight is 283 g/mol. The van der Waals surface area contributed by atoms with E-state index in [1.807, 2.05) is 6.20 Å². The quantitative estimate of drug-likeness (QED) is 0.787. The van der Waals surface area contributed by atoms with Gasteiger partial charge in [0.1, 0.15) is 0 Å². The third kappa shape index (κ3) is 2.39. The van der Waals surface area contributed by atoms with Crippen molar-refractivity contribution in [1.29, 1.82) is 0 Å². The number of nitrogens with zero attached hydrogens (tertiary/aromatic N) is 1. The van der Waals surface area contributed by atoms with E-state index in [4.69, 9.17) is 0 Å². The van der Waals surface area contributed by atoms with Crippen LogP contribution in [0.25, 0.3) is 0 Å². The van der Waals surface area contributed by atoms with Gasteiger partial charge in [0, 0.05) is 18.0 Å². The highest BCUT2D eigenvalue weighted by Gasteiger charge is 2.46. The van der Waals surface area contributed by atoms with E-state index in [1.54, 1.807) is 6.92 Å². The monoisotopic (exact) mass is 283 g/mol. The molecule has 1 aliphatic carbocycles. The molecule has 1 unspecified atom stereocenters. The van der Waals surface area contributed by atoms with E-state index < -0.39 is 15.4 Å². The summed E-state index contributed by atoms with van der Waals surface area (Å²) in [5, 5.41) is 9.79. The van der Waals surface area contributed by atoms with Crippen LogP contribution in [0.1, 0.15) is 24.6 Å². The normalized spacial score (nSPS) is 27.1. The van der Waals surface area contributed by atoms with Gasteiger partial charge in [0.2, 0.25) is 5.91 Å². The van der Waals surface area contributed by atoms with Gasteiger partial charge in [-0.3, -0.25) is 9.89 Å². The van der Waals surface area contributed by atoms with Gasteiger partial charge >= 0.3 is 0 Å². The number of carbonyl (C=O) groups is 1. The summed E-state index contributed by atoms with van der Waals surface area (Å²) in [4.78, 5) is 12.2. The predicted octanol–water partition coefficient (Wildman–Crippen LogP) is -0.182. The SMILES string of the molecule is CC1(NC(=O)C2CCc3cn[nH]c3C2)CS(=O)(=O)C1. The van der Waals surface area contributed by atoms with Crippen molar-refractivity contribution in [3.05, 3.63) is 17.5 Å². The second kappa shape index (κ2) is 4.06. The molecule has 0 spiro atoms. The summed E-state index contributed by atoms with van der Waals surface area (Å²) >= 11 is 0. The van der Waals surface area contributed by atoms with Crippen molar-refractivity contribution in [2.75, 3.05) is 11.5 Å². The van der Waals surface area contributed by atoms with Gasteiger partial charge in [-0.05, 0) is 25.3 Å². The number of aryl methyl sites for hydroxylation is 1. The number of amides is 1. The molecule has 2 aliphatic rings. The van der Waals surface area contributed by atoms with E-state index >= 15 is 0 Å². The van der Waals surface area contributed by atoms with Crippen LogP contribution in [0.4, 0.5) is 0 Å². The van der Waals surface area contributed by atoms with Crippen molar-refractivity contribution in [2.45, 2.75) is 31.7 Å². The largest absolute Gasteiger partial charge is 0.349 e. The van der Waals surface area contributed by atoms with E-state index in [9.17, 15) is 13.2 Å². The van der Waals surface area contributed by atoms with Gasteiger partial charge in [-0.15, -0.1) is 0 Å². The summed E-state index contributed by atoms with van der Waals surface area (Å²) < 4.78 is 22.4. The first-order valence-electron chi connectivity index (χ1n) is 6.40. The summed E-state index contributed by atoms with van der Waals surface area (Å²) in [6.45, 7) is 1.79. The van der Waals surface area contributed by atoms with Crippen LogP contribution in [0.5, 0.6) is 0 Å². The van der Waals surface area contributed by atoms with Crippen LogP contribution in [0.15, 0.2) is 6.20 Å². The Bertz CT molecular complexity index is 608. The number of aromatic nitrogens is 2. The first kappa shape index (κ1) is 12.7. The fourth-order valence-electron chi connectivity index (χ4n) is 3.03. The second-order valence-corrected chi connectivity index (χ2v) is 7.96. The van der Waals surface area contributed by atoms with Crippen molar-refractivity contribution in [3.8, 4) is 0 Å². The number of hydrogen-bond donors (Lipinski definition) is 2. The molecule has 6 nitrogen and oxygen atoms in total. The zero-order valence-electron chi connectivity index (χ0n) is 10.8. The maximum absolute atomic E-state index is 12.2. The van der Waals surface area contributed by atoms with Crippen LogP contribution in [0.3, 0.4) is 0 Å². The zero-order chi connectivity index (χ0) is 13.7. The number of fused-ring (bicyclic) bond motifs is 1. The highest BCUT2D eigenvalue weighted by molar-refractivity contribution is 7.93. The van der Waals surface area contributed by atoms with Crippen molar-refractivity contribution < 1.29 is 13.2 Å². The van der Waals surface area contributed by atoms with Gasteiger partial charge in [0.25, 0.3) is 0 Å². The van der Waals surface area contributed by atoms with Crippen LogP contribution in [0, 0.1) is 5.92 Å². The number of H-pyrrole nitrogens is 1. The Balaban J connectivity index is 1.64. The minimum absolute atomic E-state index is 0.0438. The molecule has 1 saturated heterocycles. The molecule has 2 heterocycles. The van der Waals surface area contributed by atoms with E-state index in [0.717, 1.165) is 18.5 Å². The molecule has 0 bridgehead atoms. The van der Waals surface area contributed by atoms with Crippen molar-refractivity contribution in [1.82, 2.24) is 15.5 Å². The zero-order valence-corrected chi connectivity index (χ0v) is 11.6. The molecule has 3 rings (SSSR count). The van der Waals surface area contributed by atoms with Crippen molar-refractivity contribution in [3.63, 3.8) is 0 Å². The third-order valence-electron chi connectivity index (χ3n) is 3.89. The van der Waals surface area contributed by atoms with Gasteiger partial charge in [0.05, 0.1) is 23.2 Å². The standard InChI is InChI=1S/C12H17N3O3S/c1-12(6-19(17,18)7-12)14-11(16)8-2-3-9-5-13-15-10(9)4-8/h5,8H,2-4,6-7H2,1H3,(H,13,15)(H,14,16). The molecule has 0 radical (unpaired) electrons. The summed E-state index contributed by atoms with van der Waals surface area (Å²) in [7, 11) is -2.94. The van der Waals surface area contributed by atoms with E-state index in [1.165, 1.54) is 5.56 Å². The predicted molar refractivity (Wildman–Crippen MR) is 69.3 cm³/mol. The topological polar surface area (TPSA) is 91.9 Å². The van der Waals surface area contributed by atoms with Gasteiger partial charge in [-0.25, -0.2) is 8.42 Å². The van der Waals surface area contributed by atoms with Crippen molar-refractivity contribution in [2.24, 2.45) is 5.92 Å². The summed E-state index contributed by atoms with van der Waals surface area (Å²) in [6, 6.07) is 0. The molecular formula is C12H17N3O3S. The minimum Gasteiger partial charge on any atom is -0.349 e. The van der Waals surface area contributed by atoms with Crippen LogP contribution < -0.4 is 5.32 Å². The molecule has 1 aromatic rings. The van der Waals surface area contributed by atoms with Crippen LogP contribution in [-0.4, -0.2) is 41.6 Å². The van der Waals surface area contributed by atoms with Gasteiger partial charge in [-0.1, -0.05) is 0 Å². The van der Waals surface area contributed by atoms with E-state index in [-0.39, 0.29) is 23.3 Å². The Labute approximate surface area is 111 Å². The molecule has 7 heteroatoms. The first-order chi connectivity index (χ1) is 8.87. The molecule has 19 heavy (non-hydrogen) atoms. The van der Waals surface area contributed by atoms with Gasteiger partial charge < -0.3 is 5.32 Å². The lowest BCUT2D eigenvalue weighted by atomic mass is 9.87. The molecule has 1 amide bonds. The molecular weight excluding hydrogens is 266 g/mol. The smallest absolute Gasteiger partial charge is 0.223 e. The molecule has 1 aliphatic heterocycles. The molecule has 1 aromatic heterocycles. The number of carbonyl (C=O) groups excluding carboxylic acids is 1. The highest BCUT2D eigenvalue weighted by Crippen LogP contribution is 2.27. The lowest BCUT2D eigenvalue weighted by molar-refractivity contribution is -0.126. The lowest BCUT2D eigenvalue weighted by Crippen LogP contribution is -2.64. The lowest BCUT2D eigenvalue weighted by Gasteiger charge is -2.39. The maximum atomic E-state index is 12.2. The number of sulfone groups is 1. The Morgan fingerprint density at radius 1 is 1.53 bits per heavy atom. The first-order valence-corrected chi connectivity index (χ1v) is 8.23. The minimum atomic E-state index is -2.94. The number of rotatable bonds is 2. The Hall–Kier alpha value is -1.37. The molecule has 1 fully saturated rings. The van der Waals surface area contributed by atoms with Gasteiger partial charge in [0.15, 0.2) is 9.84 Å². The third-order valence-corrected chi connectivity index (χ3v) is 6.05. The highest BCUT2D eigenvalue weighted by atomic mass is 32.2. The fourth-order valence-corrected chi connectivity index (χ4v) is 5.03. The summed E-state index contributed by atoms with van der Waals surface area (Å²) in [5.74, 6) is -0.0348. The van der Waals surface area contributed by atoms with Crippen LogP contribution >= 0.6 is 0 Å². The maximum Gasteiger partial charge on any atom is 0.223 e. The Kier molecular flexibility index (Phi) is 2.70. The number of hydrogen-bond acceptors (Lipinski definition) is 4. The second-order valence-electron chi connectivity index (χ2n) is 5.90. The van der Waals surface area contributed by atoms with Crippen LogP contribution in [0.2, 0.25) is 0 Å². The molecule has 104 valence electrons. The van der Waals surface area contributed by atoms with E-state index in [2.05, 4.69) is 15.5 Å². The van der Waals surface area contributed by atoms with E-state index in [0.29, 0.717) is 6.42 Å².